The lowest BCUT2D eigenvalue weighted by molar-refractivity contribution is 0.0937. The number of likely N-dealkylation sites (tertiary alicyclic amines) is 1. The first-order valence-corrected chi connectivity index (χ1v) is 10.1. The lowest BCUT2D eigenvalue weighted by atomic mass is 10.1. The summed E-state index contributed by atoms with van der Waals surface area (Å²) in [7, 11) is -2.44. The number of sulfonamides is 1. The van der Waals surface area contributed by atoms with Crippen molar-refractivity contribution in [2.24, 2.45) is 5.14 Å². The Labute approximate surface area is 149 Å². The van der Waals surface area contributed by atoms with E-state index in [1.54, 1.807) is 0 Å². The number of amides is 1. The fourth-order valence-corrected chi connectivity index (χ4v) is 3.67. The lowest BCUT2D eigenvalue weighted by Gasteiger charge is -2.24. The van der Waals surface area contributed by atoms with Crippen LogP contribution in [0.5, 0.6) is 5.75 Å². The Kier molecular flexibility index (Phi) is 6.80. The molecule has 0 bridgehead atoms. The summed E-state index contributed by atoms with van der Waals surface area (Å²) in [6, 6.07) is 4.35. The molecule has 1 aliphatic heterocycles. The van der Waals surface area contributed by atoms with E-state index in [4.69, 9.17) is 9.88 Å². The number of nitrogens with two attached hydrogens (primary N) is 1. The SMILES string of the molecule is CCCCN1CCC[C@@H]1CNC(=O)c1cc(S(N)(=O)=O)ccc1OC. The molecule has 0 aromatic heterocycles. The van der Waals surface area contributed by atoms with Crippen LogP contribution in [0, 0.1) is 0 Å². The van der Waals surface area contributed by atoms with Crippen molar-refractivity contribution in [1.82, 2.24) is 10.2 Å². The zero-order valence-corrected chi connectivity index (χ0v) is 15.6. The third-order valence-corrected chi connectivity index (χ3v) is 5.45. The van der Waals surface area contributed by atoms with Gasteiger partial charge in [0.05, 0.1) is 17.6 Å². The van der Waals surface area contributed by atoms with E-state index in [1.807, 2.05) is 0 Å². The normalized spacial score (nSPS) is 18.3. The maximum absolute atomic E-state index is 12.5. The van der Waals surface area contributed by atoms with E-state index in [2.05, 4.69) is 17.1 Å². The van der Waals surface area contributed by atoms with Gasteiger partial charge in [0.15, 0.2) is 0 Å². The smallest absolute Gasteiger partial charge is 0.255 e. The summed E-state index contributed by atoms with van der Waals surface area (Å²) in [5.74, 6) is -0.0381. The third-order valence-electron chi connectivity index (χ3n) is 4.54. The van der Waals surface area contributed by atoms with Crippen LogP contribution in [0.2, 0.25) is 0 Å². The Balaban J connectivity index is 2.07. The summed E-state index contributed by atoms with van der Waals surface area (Å²) < 4.78 is 28.2. The van der Waals surface area contributed by atoms with Crippen molar-refractivity contribution in [2.45, 2.75) is 43.5 Å². The molecule has 25 heavy (non-hydrogen) atoms. The molecule has 1 aromatic rings. The molecule has 1 heterocycles. The zero-order valence-electron chi connectivity index (χ0n) is 14.8. The molecule has 1 fully saturated rings. The first-order chi connectivity index (χ1) is 11.9. The van der Waals surface area contributed by atoms with Gasteiger partial charge in [-0.05, 0) is 50.6 Å². The van der Waals surface area contributed by atoms with Gasteiger partial charge in [0.2, 0.25) is 10.0 Å². The van der Waals surface area contributed by atoms with Gasteiger partial charge >= 0.3 is 0 Å². The van der Waals surface area contributed by atoms with Crippen LogP contribution >= 0.6 is 0 Å². The summed E-state index contributed by atoms with van der Waals surface area (Å²) in [5, 5.41) is 8.05. The van der Waals surface area contributed by atoms with Gasteiger partial charge in [0.1, 0.15) is 5.75 Å². The largest absolute Gasteiger partial charge is 0.496 e. The molecule has 1 aromatic carbocycles. The minimum absolute atomic E-state index is 0.108. The molecule has 140 valence electrons. The van der Waals surface area contributed by atoms with Crippen molar-refractivity contribution in [3.8, 4) is 5.75 Å². The Morgan fingerprint density at radius 2 is 2.20 bits per heavy atom. The highest BCUT2D eigenvalue weighted by molar-refractivity contribution is 7.89. The number of nitrogens with one attached hydrogen (secondary N) is 1. The minimum Gasteiger partial charge on any atom is -0.496 e. The van der Waals surface area contributed by atoms with Crippen LogP contribution in [0.3, 0.4) is 0 Å². The molecular weight excluding hydrogens is 342 g/mol. The van der Waals surface area contributed by atoms with Crippen LogP contribution in [-0.2, 0) is 10.0 Å². The molecule has 0 spiro atoms. The highest BCUT2D eigenvalue weighted by Gasteiger charge is 2.25. The quantitative estimate of drug-likeness (QED) is 0.720. The van der Waals surface area contributed by atoms with Crippen LogP contribution in [0.15, 0.2) is 23.1 Å². The summed E-state index contributed by atoms with van der Waals surface area (Å²) in [4.78, 5) is 14.8. The topological polar surface area (TPSA) is 102 Å². The van der Waals surface area contributed by atoms with Gasteiger partial charge in [-0.2, -0.15) is 0 Å². The van der Waals surface area contributed by atoms with Gasteiger partial charge in [0, 0.05) is 12.6 Å². The van der Waals surface area contributed by atoms with Gasteiger partial charge in [-0.15, -0.1) is 0 Å². The average molecular weight is 369 g/mol. The second-order valence-electron chi connectivity index (χ2n) is 6.30. The van der Waals surface area contributed by atoms with Crippen LogP contribution < -0.4 is 15.2 Å². The molecule has 0 unspecified atom stereocenters. The van der Waals surface area contributed by atoms with Gasteiger partial charge in [-0.25, -0.2) is 13.6 Å². The standard InChI is InChI=1S/C17H27N3O4S/c1-3-4-9-20-10-5-6-13(20)12-19-17(21)15-11-14(25(18,22)23)7-8-16(15)24-2/h7-8,11,13H,3-6,9-10,12H2,1-2H3,(H,19,21)(H2,18,22,23)/t13-/m1/s1. The van der Waals surface area contributed by atoms with E-state index in [9.17, 15) is 13.2 Å². The predicted octanol–water partition coefficient (Wildman–Crippen LogP) is 1.34. The number of primary sulfonamides is 1. The predicted molar refractivity (Wildman–Crippen MR) is 96.2 cm³/mol. The van der Waals surface area contributed by atoms with E-state index < -0.39 is 10.0 Å². The first-order valence-electron chi connectivity index (χ1n) is 8.60. The molecule has 3 N–H and O–H groups in total. The van der Waals surface area contributed by atoms with Crippen molar-refractivity contribution >= 4 is 15.9 Å². The molecule has 7 nitrogen and oxygen atoms in total. The number of ether oxygens (including phenoxy) is 1. The molecule has 1 atom stereocenters. The molecule has 0 aliphatic carbocycles. The average Bonchev–Trinajstić information content (AvgIpc) is 3.03. The number of hydrogen-bond acceptors (Lipinski definition) is 5. The highest BCUT2D eigenvalue weighted by atomic mass is 32.2. The molecule has 2 rings (SSSR count). The highest BCUT2D eigenvalue weighted by Crippen LogP contribution is 2.22. The second-order valence-corrected chi connectivity index (χ2v) is 7.86. The monoisotopic (exact) mass is 369 g/mol. The summed E-state index contributed by atoms with van der Waals surface area (Å²) in [6.45, 7) is 4.80. The van der Waals surface area contributed by atoms with E-state index in [0.717, 1.165) is 38.8 Å². The lowest BCUT2D eigenvalue weighted by Crippen LogP contribution is -2.40. The number of methoxy groups -OCH3 is 1. The Hall–Kier alpha value is -1.64. The fraction of sp³-hybridized carbons (Fsp3) is 0.588. The fourth-order valence-electron chi connectivity index (χ4n) is 3.13. The third kappa shape index (κ3) is 5.17. The van der Waals surface area contributed by atoms with Crippen molar-refractivity contribution in [1.29, 1.82) is 0 Å². The van der Waals surface area contributed by atoms with Crippen molar-refractivity contribution in [2.75, 3.05) is 26.7 Å². The molecule has 0 saturated carbocycles. The maximum Gasteiger partial charge on any atom is 0.255 e. The van der Waals surface area contributed by atoms with Gasteiger partial charge in [-0.3, -0.25) is 9.69 Å². The van der Waals surface area contributed by atoms with Crippen LogP contribution in [0.1, 0.15) is 43.0 Å². The van der Waals surface area contributed by atoms with Gasteiger partial charge in [-0.1, -0.05) is 13.3 Å². The molecule has 1 amide bonds. The van der Waals surface area contributed by atoms with Crippen molar-refractivity contribution in [3.63, 3.8) is 0 Å². The van der Waals surface area contributed by atoms with Crippen LogP contribution in [0.25, 0.3) is 0 Å². The number of benzene rings is 1. The molecule has 1 saturated heterocycles. The van der Waals surface area contributed by atoms with E-state index in [-0.39, 0.29) is 16.4 Å². The number of unbranched alkanes of at least 4 members (excludes halogenated alkanes) is 1. The van der Waals surface area contributed by atoms with Crippen molar-refractivity contribution in [3.05, 3.63) is 23.8 Å². The maximum atomic E-state index is 12.5. The number of carbonyl (C=O) groups excluding carboxylic acids is 1. The van der Waals surface area contributed by atoms with E-state index in [1.165, 1.54) is 25.3 Å². The number of carbonyl (C=O) groups is 1. The second kappa shape index (κ2) is 8.64. The van der Waals surface area contributed by atoms with Gasteiger partial charge < -0.3 is 10.1 Å². The number of hydrogen-bond donors (Lipinski definition) is 2. The van der Waals surface area contributed by atoms with Gasteiger partial charge in [0.25, 0.3) is 5.91 Å². The number of rotatable bonds is 8. The van der Waals surface area contributed by atoms with E-state index >= 15 is 0 Å². The van der Waals surface area contributed by atoms with E-state index in [0.29, 0.717) is 18.3 Å². The Morgan fingerprint density at radius 3 is 2.84 bits per heavy atom. The number of nitrogens with zero attached hydrogens (tertiary/aromatic N) is 1. The zero-order chi connectivity index (χ0) is 18.4. The van der Waals surface area contributed by atoms with Crippen molar-refractivity contribution < 1.29 is 17.9 Å². The summed E-state index contributed by atoms with van der Waals surface area (Å²) in [5.41, 5.74) is 0.173. The Bertz CT molecular complexity index is 706. The van der Waals surface area contributed by atoms with Crippen LogP contribution in [-0.4, -0.2) is 52.0 Å². The summed E-state index contributed by atoms with van der Waals surface area (Å²) >= 11 is 0. The molecular formula is C17H27N3O4S. The molecule has 0 radical (unpaired) electrons. The first kappa shape index (κ1) is 19.7. The molecule has 8 heteroatoms. The summed E-state index contributed by atoms with van der Waals surface area (Å²) in [6.07, 6.45) is 4.48. The Morgan fingerprint density at radius 1 is 1.44 bits per heavy atom. The van der Waals surface area contributed by atoms with Crippen LogP contribution in [0.4, 0.5) is 0 Å². The molecule has 1 aliphatic rings. The minimum atomic E-state index is -3.88.